The van der Waals surface area contributed by atoms with Crippen LogP contribution < -0.4 is 15.5 Å². The van der Waals surface area contributed by atoms with Crippen molar-refractivity contribution in [3.8, 4) is 0 Å². The van der Waals surface area contributed by atoms with Gasteiger partial charge < -0.3 is 15.5 Å². The molecular weight excluding hydrogens is 304 g/mol. The number of benzene rings is 1. The van der Waals surface area contributed by atoms with Crippen LogP contribution in [-0.2, 0) is 0 Å². The van der Waals surface area contributed by atoms with Crippen LogP contribution in [-0.4, -0.2) is 50.2 Å². The lowest BCUT2D eigenvalue weighted by Gasteiger charge is -2.20. The van der Waals surface area contributed by atoms with Crippen LogP contribution in [0.25, 0.3) is 0 Å². The molecule has 2 saturated heterocycles. The van der Waals surface area contributed by atoms with E-state index < -0.39 is 0 Å². The Bertz CT molecular complexity index is 499. The summed E-state index contributed by atoms with van der Waals surface area (Å²) in [6, 6.07) is 10.7. The molecule has 0 saturated carbocycles. The minimum atomic E-state index is 0.689. The number of hydrogen-bond donors (Lipinski definition) is 2. The van der Waals surface area contributed by atoms with Gasteiger partial charge in [-0.15, -0.1) is 0 Å². The first-order chi connectivity index (χ1) is 11.3. The molecule has 5 heteroatoms. The Morgan fingerprint density at radius 2 is 2.04 bits per heavy atom. The van der Waals surface area contributed by atoms with Crippen LogP contribution in [0.2, 0.25) is 0 Å². The van der Waals surface area contributed by atoms with Crippen LogP contribution in [0.3, 0.4) is 0 Å². The van der Waals surface area contributed by atoms with Gasteiger partial charge in [-0.05, 0) is 43.1 Å². The van der Waals surface area contributed by atoms with Gasteiger partial charge >= 0.3 is 0 Å². The van der Waals surface area contributed by atoms with Crippen LogP contribution in [0, 0.1) is 5.92 Å². The van der Waals surface area contributed by atoms with Crippen molar-refractivity contribution in [2.45, 2.75) is 24.5 Å². The summed E-state index contributed by atoms with van der Waals surface area (Å²) in [6.45, 7) is 4.32. The van der Waals surface area contributed by atoms with Gasteiger partial charge in [-0.2, -0.15) is 11.8 Å². The van der Waals surface area contributed by atoms with Crippen LogP contribution in [0.15, 0.2) is 35.3 Å². The Morgan fingerprint density at radius 1 is 1.22 bits per heavy atom. The molecule has 3 rings (SSSR count). The van der Waals surface area contributed by atoms with E-state index in [9.17, 15) is 0 Å². The Labute approximate surface area is 144 Å². The van der Waals surface area contributed by atoms with Crippen LogP contribution in [0.4, 0.5) is 5.69 Å². The summed E-state index contributed by atoms with van der Waals surface area (Å²) in [5.41, 5.74) is 1.34. The normalized spacial score (nSPS) is 24.9. The van der Waals surface area contributed by atoms with Crippen molar-refractivity contribution in [1.82, 2.24) is 10.6 Å². The fourth-order valence-electron chi connectivity index (χ4n) is 3.35. The van der Waals surface area contributed by atoms with Gasteiger partial charge in [-0.1, -0.05) is 18.2 Å². The molecule has 2 fully saturated rings. The predicted octanol–water partition coefficient (Wildman–Crippen LogP) is 2.57. The number of aliphatic imine (C=N–C) groups is 1. The lowest BCUT2D eigenvalue weighted by molar-refractivity contribution is 0.565. The first-order valence-electron chi connectivity index (χ1n) is 8.71. The summed E-state index contributed by atoms with van der Waals surface area (Å²) >= 11 is 2.08. The number of thioether (sulfide) groups is 1. The number of hydrogen-bond acceptors (Lipinski definition) is 3. The fourth-order valence-corrected chi connectivity index (χ4v) is 4.55. The Hall–Kier alpha value is -1.36. The van der Waals surface area contributed by atoms with Gasteiger partial charge in [0.25, 0.3) is 0 Å². The highest BCUT2D eigenvalue weighted by Crippen LogP contribution is 2.25. The average Bonchev–Trinajstić information content (AvgIpc) is 3.27. The summed E-state index contributed by atoms with van der Waals surface area (Å²) in [6.07, 6.45) is 3.95. The van der Waals surface area contributed by atoms with Crippen LogP contribution in [0.1, 0.15) is 19.3 Å². The highest BCUT2D eigenvalue weighted by atomic mass is 32.2. The molecule has 0 radical (unpaired) electrons. The molecule has 0 aliphatic carbocycles. The molecule has 0 spiro atoms. The summed E-state index contributed by atoms with van der Waals surface area (Å²) in [7, 11) is 1.86. The molecule has 2 unspecified atom stereocenters. The van der Waals surface area contributed by atoms with Gasteiger partial charge in [-0.3, -0.25) is 4.99 Å². The van der Waals surface area contributed by atoms with Crippen molar-refractivity contribution in [1.29, 1.82) is 0 Å². The van der Waals surface area contributed by atoms with Crippen molar-refractivity contribution in [3.05, 3.63) is 30.3 Å². The van der Waals surface area contributed by atoms with Gasteiger partial charge in [0, 0.05) is 44.2 Å². The number of rotatable bonds is 5. The van der Waals surface area contributed by atoms with Crippen molar-refractivity contribution in [2.75, 3.05) is 43.9 Å². The van der Waals surface area contributed by atoms with E-state index in [-0.39, 0.29) is 0 Å². The molecule has 2 heterocycles. The molecule has 23 heavy (non-hydrogen) atoms. The third kappa shape index (κ3) is 4.80. The number of para-hydroxylation sites is 1. The summed E-state index contributed by atoms with van der Waals surface area (Å²) in [5.74, 6) is 2.96. The first kappa shape index (κ1) is 16.5. The number of nitrogens with one attached hydrogen (secondary N) is 2. The van der Waals surface area contributed by atoms with E-state index in [4.69, 9.17) is 0 Å². The Morgan fingerprint density at radius 3 is 2.78 bits per heavy atom. The molecule has 0 amide bonds. The van der Waals surface area contributed by atoms with E-state index in [1.807, 2.05) is 7.05 Å². The van der Waals surface area contributed by atoms with Crippen molar-refractivity contribution >= 4 is 23.4 Å². The van der Waals surface area contributed by atoms with E-state index >= 15 is 0 Å². The maximum atomic E-state index is 4.36. The number of nitrogens with zero attached hydrogens (tertiary/aromatic N) is 2. The van der Waals surface area contributed by atoms with Gasteiger partial charge in [0.1, 0.15) is 0 Å². The van der Waals surface area contributed by atoms with Crippen molar-refractivity contribution < 1.29 is 0 Å². The topological polar surface area (TPSA) is 39.7 Å². The first-order valence-corrected chi connectivity index (χ1v) is 9.76. The van der Waals surface area contributed by atoms with E-state index in [1.54, 1.807) is 0 Å². The molecule has 1 aromatic rings. The molecule has 2 atom stereocenters. The fraction of sp³-hybridized carbons (Fsp3) is 0.611. The van der Waals surface area contributed by atoms with Gasteiger partial charge in [0.2, 0.25) is 0 Å². The van der Waals surface area contributed by atoms with Crippen LogP contribution in [0.5, 0.6) is 0 Å². The molecule has 2 aliphatic rings. The second-order valence-electron chi connectivity index (χ2n) is 6.41. The van der Waals surface area contributed by atoms with Gasteiger partial charge in [-0.25, -0.2) is 0 Å². The van der Waals surface area contributed by atoms with E-state index in [1.165, 1.54) is 30.7 Å². The number of guanidine groups is 1. The second-order valence-corrected chi connectivity index (χ2v) is 7.81. The molecule has 0 bridgehead atoms. The Balaban J connectivity index is 1.39. The zero-order valence-corrected chi connectivity index (χ0v) is 14.8. The van der Waals surface area contributed by atoms with Gasteiger partial charge in [0.05, 0.1) is 0 Å². The molecule has 1 aromatic carbocycles. The van der Waals surface area contributed by atoms with E-state index in [0.29, 0.717) is 5.92 Å². The summed E-state index contributed by atoms with van der Waals surface area (Å²) in [4.78, 5) is 6.84. The SMILES string of the molecule is CN=C(NCC1CCN(c2ccccc2)C1)NCC1CCCS1. The average molecular weight is 333 g/mol. The summed E-state index contributed by atoms with van der Waals surface area (Å²) < 4.78 is 0. The minimum absolute atomic E-state index is 0.689. The van der Waals surface area contributed by atoms with Crippen molar-refractivity contribution in [3.63, 3.8) is 0 Å². The quantitative estimate of drug-likeness (QED) is 0.642. The standard InChI is InChI=1S/C18H28N4S/c1-19-18(21-13-17-8-5-11-23-17)20-12-15-9-10-22(14-15)16-6-3-2-4-7-16/h2-4,6-7,15,17H,5,8-14H2,1H3,(H2,19,20,21). The molecule has 0 aromatic heterocycles. The zero-order chi connectivity index (χ0) is 15.9. The lowest BCUT2D eigenvalue weighted by atomic mass is 10.1. The highest BCUT2D eigenvalue weighted by Gasteiger charge is 2.23. The van der Waals surface area contributed by atoms with E-state index in [0.717, 1.165) is 37.4 Å². The highest BCUT2D eigenvalue weighted by molar-refractivity contribution is 8.00. The van der Waals surface area contributed by atoms with Crippen molar-refractivity contribution in [2.24, 2.45) is 10.9 Å². The smallest absolute Gasteiger partial charge is 0.191 e. The third-order valence-corrected chi connectivity index (χ3v) is 6.11. The minimum Gasteiger partial charge on any atom is -0.371 e. The van der Waals surface area contributed by atoms with Crippen LogP contribution >= 0.6 is 11.8 Å². The molecule has 2 aliphatic heterocycles. The maximum absolute atomic E-state index is 4.36. The molecule has 4 nitrogen and oxygen atoms in total. The summed E-state index contributed by atoms with van der Waals surface area (Å²) in [5, 5.41) is 7.75. The largest absolute Gasteiger partial charge is 0.371 e. The van der Waals surface area contributed by atoms with Gasteiger partial charge in [0.15, 0.2) is 5.96 Å². The Kier molecular flexibility index (Phi) is 6.08. The van der Waals surface area contributed by atoms with E-state index in [2.05, 4.69) is 62.6 Å². The maximum Gasteiger partial charge on any atom is 0.191 e. The number of anilines is 1. The molecular formula is C18H28N4S. The zero-order valence-electron chi connectivity index (χ0n) is 14.0. The predicted molar refractivity (Wildman–Crippen MR) is 102 cm³/mol. The third-order valence-electron chi connectivity index (χ3n) is 4.71. The monoisotopic (exact) mass is 332 g/mol. The molecule has 126 valence electrons. The lowest BCUT2D eigenvalue weighted by Crippen LogP contribution is -2.42. The molecule has 2 N–H and O–H groups in total. The second kappa shape index (κ2) is 8.48.